The number of nitrogens with zero attached hydrogens (tertiary/aromatic N) is 1. The Morgan fingerprint density at radius 1 is 1.65 bits per heavy atom. The minimum absolute atomic E-state index is 0.0410. The number of ether oxygens (including phenoxy) is 1. The summed E-state index contributed by atoms with van der Waals surface area (Å²) in [6, 6.07) is 0.188. The third-order valence-corrected chi connectivity index (χ3v) is 3.65. The molecule has 1 N–H and O–H groups in total. The molecule has 0 spiro atoms. The molecule has 1 aromatic heterocycles. The fourth-order valence-corrected chi connectivity index (χ4v) is 2.45. The van der Waals surface area contributed by atoms with Gasteiger partial charge in [-0.15, -0.1) is 0 Å². The minimum Gasteiger partial charge on any atom is -0.377 e. The number of nitrogens with one attached hydrogen (secondary N) is 1. The van der Waals surface area contributed by atoms with Crippen molar-refractivity contribution in [1.82, 2.24) is 9.88 Å². The summed E-state index contributed by atoms with van der Waals surface area (Å²) in [5.74, 6) is 0.0410. The molecule has 1 aliphatic rings. The second kappa shape index (κ2) is 5.46. The summed E-state index contributed by atoms with van der Waals surface area (Å²) in [6.45, 7) is 3.76. The molecule has 0 atom stereocenters. The Labute approximate surface area is 103 Å². The first-order valence-corrected chi connectivity index (χ1v) is 6.57. The van der Waals surface area contributed by atoms with Gasteiger partial charge in [-0.1, -0.05) is 11.3 Å². The van der Waals surface area contributed by atoms with E-state index in [0.29, 0.717) is 32.6 Å². The maximum atomic E-state index is 11.5. The molecule has 17 heavy (non-hydrogen) atoms. The van der Waals surface area contributed by atoms with Gasteiger partial charge in [0.15, 0.2) is 0 Å². The molecule has 1 aromatic rings. The number of amides is 1. The van der Waals surface area contributed by atoms with E-state index < -0.39 is 0 Å². The van der Waals surface area contributed by atoms with Crippen molar-refractivity contribution in [2.45, 2.75) is 32.4 Å². The molecule has 0 saturated carbocycles. The van der Waals surface area contributed by atoms with E-state index >= 15 is 0 Å². The lowest BCUT2D eigenvalue weighted by Crippen LogP contribution is -2.48. The van der Waals surface area contributed by atoms with Gasteiger partial charge >= 0.3 is 4.87 Å². The molecule has 94 valence electrons. The third kappa shape index (κ3) is 3.17. The first-order valence-electron chi connectivity index (χ1n) is 5.69. The molecule has 0 radical (unpaired) electrons. The van der Waals surface area contributed by atoms with Crippen molar-refractivity contribution in [3.8, 4) is 0 Å². The Morgan fingerprint density at radius 2 is 2.41 bits per heavy atom. The molecule has 2 rings (SSSR count). The van der Waals surface area contributed by atoms with Crippen LogP contribution in [0.15, 0.2) is 10.2 Å². The summed E-state index contributed by atoms with van der Waals surface area (Å²) in [7, 11) is 0. The maximum Gasteiger partial charge on any atom is 0.307 e. The van der Waals surface area contributed by atoms with Gasteiger partial charge < -0.3 is 14.6 Å². The van der Waals surface area contributed by atoms with Crippen LogP contribution in [-0.2, 0) is 16.1 Å². The predicted molar refractivity (Wildman–Crippen MR) is 65.3 cm³/mol. The van der Waals surface area contributed by atoms with E-state index in [0.717, 1.165) is 5.69 Å². The second-order valence-electron chi connectivity index (χ2n) is 4.20. The van der Waals surface area contributed by atoms with E-state index in [1.165, 1.54) is 11.3 Å². The summed E-state index contributed by atoms with van der Waals surface area (Å²) in [5.41, 5.74) is 0.966. The lowest BCUT2D eigenvalue weighted by molar-refractivity contribution is -0.125. The largest absolute Gasteiger partial charge is 0.377 e. The van der Waals surface area contributed by atoms with Crippen molar-refractivity contribution < 1.29 is 9.53 Å². The van der Waals surface area contributed by atoms with Gasteiger partial charge in [0, 0.05) is 24.0 Å². The highest BCUT2D eigenvalue weighted by molar-refractivity contribution is 7.07. The number of carbonyl (C=O) groups is 1. The van der Waals surface area contributed by atoms with Gasteiger partial charge in [0.1, 0.15) is 0 Å². The van der Waals surface area contributed by atoms with Crippen molar-refractivity contribution in [3.05, 3.63) is 20.7 Å². The first-order chi connectivity index (χ1) is 8.16. The summed E-state index contributed by atoms with van der Waals surface area (Å²) >= 11 is 1.20. The summed E-state index contributed by atoms with van der Waals surface area (Å²) in [4.78, 5) is 23.0. The highest BCUT2D eigenvalue weighted by Crippen LogP contribution is 2.04. The molecule has 1 fully saturated rings. The van der Waals surface area contributed by atoms with Gasteiger partial charge in [-0.3, -0.25) is 9.59 Å². The number of carbonyl (C=O) groups excluding carboxylic acids is 1. The predicted octanol–water partition coefficient (Wildman–Crippen LogP) is 0.513. The van der Waals surface area contributed by atoms with Crippen molar-refractivity contribution in [2.75, 3.05) is 13.2 Å². The monoisotopic (exact) mass is 256 g/mol. The first kappa shape index (κ1) is 12.3. The van der Waals surface area contributed by atoms with Crippen LogP contribution in [0.3, 0.4) is 0 Å². The highest BCUT2D eigenvalue weighted by atomic mass is 32.1. The zero-order valence-electron chi connectivity index (χ0n) is 9.77. The SMILES string of the molecule is Cc1csc(=O)n1CCCC(=O)NC1COC1. The molecule has 0 bridgehead atoms. The Kier molecular flexibility index (Phi) is 3.96. The number of rotatable bonds is 5. The number of hydrogen-bond donors (Lipinski definition) is 1. The van der Waals surface area contributed by atoms with E-state index in [-0.39, 0.29) is 16.8 Å². The van der Waals surface area contributed by atoms with Crippen LogP contribution < -0.4 is 10.2 Å². The van der Waals surface area contributed by atoms with Crippen LogP contribution in [0.1, 0.15) is 18.5 Å². The standard InChI is InChI=1S/C11H16N2O3S/c1-8-7-17-11(15)13(8)4-2-3-10(14)12-9-5-16-6-9/h7,9H,2-6H2,1H3,(H,12,14). The Hall–Kier alpha value is -1.14. The van der Waals surface area contributed by atoms with Crippen LogP contribution in [0.5, 0.6) is 0 Å². The Balaban J connectivity index is 1.72. The molecule has 1 aliphatic heterocycles. The van der Waals surface area contributed by atoms with Crippen LogP contribution in [0.25, 0.3) is 0 Å². The smallest absolute Gasteiger partial charge is 0.307 e. The fraction of sp³-hybridized carbons (Fsp3) is 0.636. The minimum atomic E-state index is 0.0410. The zero-order chi connectivity index (χ0) is 12.3. The lowest BCUT2D eigenvalue weighted by atomic mass is 10.2. The third-order valence-electron chi connectivity index (χ3n) is 2.77. The zero-order valence-corrected chi connectivity index (χ0v) is 10.6. The number of hydrogen-bond acceptors (Lipinski definition) is 4. The second-order valence-corrected chi connectivity index (χ2v) is 5.02. The molecule has 0 aromatic carbocycles. The molecular formula is C11H16N2O3S. The molecule has 2 heterocycles. The van der Waals surface area contributed by atoms with Gasteiger partial charge in [-0.2, -0.15) is 0 Å². The van der Waals surface area contributed by atoms with Gasteiger partial charge in [-0.25, -0.2) is 0 Å². The molecule has 6 heteroatoms. The summed E-state index contributed by atoms with van der Waals surface area (Å²) < 4.78 is 6.68. The molecular weight excluding hydrogens is 240 g/mol. The molecule has 0 unspecified atom stereocenters. The average Bonchev–Trinajstić information content (AvgIpc) is 2.55. The Morgan fingerprint density at radius 3 is 2.94 bits per heavy atom. The normalized spacial score (nSPS) is 15.6. The summed E-state index contributed by atoms with van der Waals surface area (Å²) in [5, 5.41) is 4.72. The van der Waals surface area contributed by atoms with Gasteiger partial charge in [0.25, 0.3) is 0 Å². The van der Waals surface area contributed by atoms with E-state index in [9.17, 15) is 9.59 Å². The van der Waals surface area contributed by atoms with Crippen LogP contribution in [0.4, 0.5) is 0 Å². The molecule has 1 saturated heterocycles. The highest BCUT2D eigenvalue weighted by Gasteiger charge is 2.19. The van der Waals surface area contributed by atoms with Crippen molar-refractivity contribution in [3.63, 3.8) is 0 Å². The molecule has 0 aliphatic carbocycles. The lowest BCUT2D eigenvalue weighted by Gasteiger charge is -2.26. The van der Waals surface area contributed by atoms with Crippen LogP contribution >= 0.6 is 11.3 Å². The number of thiazole rings is 1. The average molecular weight is 256 g/mol. The number of aromatic nitrogens is 1. The van der Waals surface area contributed by atoms with Gasteiger partial charge in [0.2, 0.25) is 5.91 Å². The van der Waals surface area contributed by atoms with Gasteiger partial charge in [0.05, 0.1) is 19.3 Å². The van der Waals surface area contributed by atoms with Crippen molar-refractivity contribution in [1.29, 1.82) is 0 Å². The Bertz CT molecular complexity index is 448. The maximum absolute atomic E-state index is 11.5. The van der Waals surface area contributed by atoms with Crippen LogP contribution in [0.2, 0.25) is 0 Å². The van der Waals surface area contributed by atoms with E-state index in [1.54, 1.807) is 4.57 Å². The van der Waals surface area contributed by atoms with E-state index in [1.807, 2.05) is 12.3 Å². The summed E-state index contributed by atoms with van der Waals surface area (Å²) in [6.07, 6.45) is 1.15. The van der Waals surface area contributed by atoms with Crippen LogP contribution in [0, 0.1) is 6.92 Å². The molecule has 5 nitrogen and oxygen atoms in total. The van der Waals surface area contributed by atoms with E-state index in [2.05, 4.69) is 5.32 Å². The molecule has 1 amide bonds. The topological polar surface area (TPSA) is 60.3 Å². The van der Waals surface area contributed by atoms with Crippen LogP contribution in [-0.4, -0.2) is 29.7 Å². The van der Waals surface area contributed by atoms with Crippen molar-refractivity contribution >= 4 is 17.2 Å². The fourth-order valence-electron chi connectivity index (χ4n) is 1.69. The quantitative estimate of drug-likeness (QED) is 0.835. The van der Waals surface area contributed by atoms with Crippen molar-refractivity contribution in [2.24, 2.45) is 0 Å². The van der Waals surface area contributed by atoms with Gasteiger partial charge in [-0.05, 0) is 13.3 Å². The van der Waals surface area contributed by atoms with E-state index in [4.69, 9.17) is 4.74 Å². The number of aryl methyl sites for hydroxylation is 1.